The molecule has 24 heavy (non-hydrogen) atoms. The van der Waals surface area contributed by atoms with Gasteiger partial charge < -0.3 is 14.6 Å². The molecule has 3 rings (SSSR count). The summed E-state index contributed by atoms with van der Waals surface area (Å²) in [4.78, 5) is 20.9. The molecule has 0 spiro atoms. The molecule has 2 heterocycles. The van der Waals surface area contributed by atoms with Crippen LogP contribution in [0.25, 0.3) is 11.1 Å². The summed E-state index contributed by atoms with van der Waals surface area (Å²) in [5.74, 6) is 0.744. The van der Waals surface area contributed by atoms with Crippen molar-refractivity contribution in [2.45, 2.75) is 39.8 Å². The molecule has 2 amide bonds. The third-order valence-electron chi connectivity index (χ3n) is 4.59. The lowest BCUT2D eigenvalue weighted by molar-refractivity contribution is 0.128. The number of hydrogen-bond acceptors (Lipinski definition) is 4. The van der Waals surface area contributed by atoms with Crippen molar-refractivity contribution in [3.8, 4) is 0 Å². The van der Waals surface area contributed by atoms with E-state index in [1.807, 2.05) is 36.9 Å². The second-order valence-corrected chi connectivity index (χ2v) is 6.60. The van der Waals surface area contributed by atoms with Crippen molar-refractivity contribution in [2.75, 3.05) is 26.2 Å². The zero-order valence-electron chi connectivity index (χ0n) is 14.7. The Bertz CT molecular complexity index is 704. The number of rotatable bonds is 4. The lowest BCUT2D eigenvalue weighted by Crippen LogP contribution is -2.52. The molecule has 0 saturated carbocycles. The molecule has 6 heteroatoms. The van der Waals surface area contributed by atoms with Crippen LogP contribution in [-0.4, -0.2) is 53.0 Å². The van der Waals surface area contributed by atoms with Gasteiger partial charge in [-0.2, -0.15) is 0 Å². The van der Waals surface area contributed by atoms with E-state index in [0.717, 1.165) is 49.6 Å². The number of carbonyl (C=O) groups excluding carboxylic acids is 1. The Hall–Kier alpha value is -2.08. The highest BCUT2D eigenvalue weighted by Crippen LogP contribution is 2.18. The summed E-state index contributed by atoms with van der Waals surface area (Å²) in [7, 11) is 0. The van der Waals surface area contributed by atoms with Crippen LogP contribution >= 0.6 is 0 Å². The number of piperazine rings is 1. The molecule has 1 saturated heterocycles. The van der Waals surface area contributed by atoms with E-state index in [-0.39, 0.29) is 12.1 Å². The van der Waals surface area contributed by atoms with Crippen molar-refractivity contribution in [1.82, 2.24) is 20.1 Å². The van der Waals surface area contributed by atoms with Gasteiger partial charge in [-0.15, -0.1) is 0 Å². The summed E-state index contributed by atoms with van der Waals surface area (Å²) in [6, 6.07) is 6.32. The van der Waals surface area contributed by atoms with Crippen LogP contribution in [0.15, 0.2) is 22.6 Å². The molecular formula is C18H26N4O2. The Labute approximate surface area is 142 Å². The van der Waals surface area contributed by atoms with Gasteiger partial charge in [-0.05, 0) is 38.0 Å². The summed E-state index contributed by atoms with van der Waals surface area (Å²) < 4.78 is 5.85. The summed E-state index contributed by atoms with van der Waals surface area (Å²) in [6.07, 6.45) is 0.947. The second-order valence-electron chi connectivity index (χ2n) is 6.60. The number of nitrogens with zero attached hydrogens (tertiary/aromatic N) is 3. The van der Waals surface area contributed by atoms with Crippen LogP contribution in [-0.2, 0) is 6.54 Å². The van der Waals surface area contributed by atoms with Crippen molar-refractivity contribution >= 4 is 17.1 Å². The zero-order chi connectivity index (χ0) is 17.1. The SMILES string of the molecule is CCC(C)NC(=O)N1CCN(Cc2nc3ccc(C)cc3o2)CC1. The Morgan fingerprint density at radius 3 is 2.79 bits per heavy atom. The summed E-state index contributed by atoms with van der Waals surface area (Å²) in [5.41, 5.74) is 2.92. The van der Waals surface area contributed by atoms with Gasteiger partial charge in [0.15, 0.2) is 5.58 Å². The summed E-state index contributed by atoms with van der Waals surface area (Å²) in [5, 5.41) is 3.02. The van der Waals surface area contributed by atoms with Crippen molar-refractivity contribution in [3.05, 3.63) is 29.7 Å². The van der Waals surface area contributed by atoms with E-state index in [2.05, 4.69) is 22.1 Å². The van der Waals surface area contributed by atoms with E-state index in [1.54, 1.807) is 0 Å². The van der Waals surface area contributed by atoms with Crippen molar-refractivity contribution in [2.24, 2.45) is 0 Å². The molecule has 6 nitrogen and oxygen atoms in total. The quantitative estimate of drug-likeness (QED) is 0.936. The number of nitrogens with one attached hydrogen (secondary N) is 1. The van der Waals surface area contributed by atoms with Gasteiger partial charge in [0, 0.05) is 32.2 Å². The summed E-state index contributed by atoms with van der Waals surface area (Å²) in [6.45, 7) is 9.99. The fourth-order valence-electron chi connectivity index (χ4n) is 2.85. The van der Waals surface area contributed by atoms with Crippen LogP contribution in [0.1, 0.15) is 31.7 Å². The normalized spacial score (nSPS) is 17.2. The van der Waals surface area contributed by atoms with Gasteiger partial charge in [-0.25, -0.2) is 9.78 Å². The van der Waals surface area contributed by atoms with E-state index < -0.39 is 0 Å². The third-order valence-corrected chi connectivity index (χ3v) is 4.59. The minimum atomic E-state index is 0.0429. The summed E-state index contributed by atoms with van der Waals surface area (Å²) >= 11 is 0. The highest BCUT2D eigenvalue weighted by atomic mass is 16.3. The van der Waals surface area contributed by atoms with Crippen LogP contribution < -0.4 is 5.32 Å². The van der Waals surface area contributed by atoms with Gasteiger partial charge in [0.25, 0.3) is 0 Å². The van der Waals surface area contributed by atoms with Crippen LogP contribution in [0.2, 0.25) is 0 Å². The van der Waals surface area contributed by atoms with E-state index in [1.165, 1.54) is 5.56 Å². The van der Waals surface area contributed by atoms with E-state index in [4.69, 9.17) is 4.42 Å². The minimum absolute atomic E-state index is 0.0429. The van der Waals surface area contributed by atoms with E-state index in [0.29, 0.717) is 6.54 Å². The fraction of sp³-hybridized carbons (Fsp3) is 0.556. The Kier molecular flexibility index (Phi) is 5.04. The lowest BCUT2D eigenvalue weighted by atomic mass is 10.2. The van der Waals surface area contributed by atoms with Crippen LogP contribution in [0.5, 0.6) is 0 Å². The molecule has 2 aromatic rings. The molecule has 1 aromatic heterocycles. The molecular weight excluding hydrogens is 304 g/mol. The number of hydrogen-bond donors (Lipinski definition) is 1. The Morgan fingerprint density at radius 1 is 1.33 bits per heavy atom. The first-order valence-corrected chi connectivity index (χ1v) is 8.69. The van der Waals surface area contributed by atoms with Crippen molar-refractivity contribution in [1.29, 1.82) is 0 Å². The Balaban J connectivity index is 1.54. The molecule has 1 aliphatic rings. The van der Waals surface area contributed by atoms with E-state index in [9.17, 15) is 4.79 Å². The smallest absolute Gasteiger partial charge is 0.317 e. The van der Waals surface area contributed by atoms with E-state index >= 15 is 0 Å². The number of carbonyl (C=O) groups is 1. The Morgan fingerprint density at radius 2 is 2.08 bits per heavy atom. The number of oxazole rings is 1. The predicted octanol–water partition coefficient (Wildman–Crippen LogP) is 2.76. The first-order valence-electron chi connectivity index (χ1n) is 8.69. The molecule has 1 aromatic carbocycles. The molecule has 1 N–H and O–H groups in total. The monoisotopic (exact) mass is 330 g/mol. The molecule has 1 unspecified atom stereocenters. The van der Waals surface area contributed by atoms with Gasteiger partial charge in [0.2, 0.25) is 5.89 Å². The first-order chi connectivity index (χ1) is 11.5. The molecule has 0 aliphatic carbocycles. The van der Waals surface area contributed by atoms with Crippen molar-refractivity contribution < 1.29 is 9.21 Å². The first kappa shape index (κ1) is 16.8. The molecule has 1 atom stereocenters. The van der Waals surface area contributed by atoms with Crippen molar-refractivity contribution in [3.63, 3.8) is 0 Å². The molecule has 1 aliphatic heterocycles. The highest BCUT2D eigenvalue weighted by molar-refractivity contribution is 5.74. The fourth-order valence-corrected chi connectivity index (χ4v) is 2.85. The molecule has 0 radical (unpaired) electrons. The molecule has 0 bridgehead atoms. The standard InChI is InChI=1S/C18H26N4O2/c1-4-14(3)19-18(23)22-9-7-21(8-10-22)12-17-20-15-6-5-13(2)11-16(15)24-17/h5-6,11,14H,4,7-10,12H2,1-3H3,(H,19,23). The molecule has 1 fully saturated rings. The van der Waals surface area contributed by atoms with Crippen LogP contribution in [0.3, 0.4) is 0 Å². The van der Waals surface area contributed by atoms with Crippen LogP contribution in [0.4, 0.5) is 4.79 Å². The van der Waals surface area contributed by atoms with Gasteiger partial charge in [0.05, 0.1) is 6.54 Å². The topological polar surface area (TPSA) is 61.6 Å². The number of amides is 2. The van der Waals surface area contributed by atoms with Crippen LogP contribution in [0, 0.1) is 6.92 Å². The van der Waals surface area contributed by atoms with Gasteiger partial charge in [0.1, 0.15) is 5.52 Å². The third kappa shape index (κ3) is 3.87. The highest BCUT2D eigenvalue weighted by Gasteiger charge is 2.22. The average Bonchev–Trinajstić information content (AvgIpc) is 2.96. The number of fused-ring (bicyclic) bond motifs is 1. The number of aryl methyl sites for hydroxylation is 1. The van der Waals surface area contributed by atoms with Gasteiger partial charge in [-0.1, -0.05) is 13.0 Å². The maximum atomic E-state index is 12.1. The number of aromatic nitrogens is 1. The second kappa shape index (κ2) is 7.21. The minimum Gasteiger partial charge on any atom is -0.439 e. The number of urea groups is 1. The average molecular weight is 330 g/mol. The number of benzene rings is 1. The maximum Gasteiger partial charge on any atom is 0.317 e. The zero-order valence-corrected chi connectivity index (χ0v) is 14.7. The largest absolute Gasteiger partial charge is 0.439 e. The van der Waals surface area contributed by atoms with Gasteiger partial charge >= 0.3 is 6.03 Å². The maximum absolute atomic E-state index is 12.1. The lowest BCUT2D eigenvalue weighted by Gasteiger charge is -2.34. The predicted molar refractivity (Wildman–Crippen MR) is 93.9 cm³/mol. The molecule has 130 valence electrons. The van der Waals surface area contributed by atoms with Gasteiger partial charge in [-0.3, -0.25) is 4.90 Å².